The number of rotatable bonds is 4. The second-order valence-corrected chi connectivity index (χ2v) is 4.43. The number of thiocarbonyl (C=S) groups is 1. The summed E-state index contributed by atoms with van der Waals surface area (Å²) in [7, 11) is 0. The number of benzene rings is 1. The van der Waals surface area contributed by atoms with Crippen LogP contribution in [-0.4, -0.2) is 11.7 Å². The van der Waals surface area contributed by atoms with E-state index in [0.29, 0.717) is 5.11 Å². The number of hydrogen-bond acceptors (Lipinski definition) is 2. The Morgan fingerprint density at radius 3 is 2.78 bits per heavy atom. The number of nitrogens with one attached hydrogen (secondary N) is 2. The first kappa shape index (κ1) is 12.6. The van der Waals surface area contributed by atoms with Crippen LogP contribution < -0.4 is 10.6 Å². The molecule has 1 aromatic carbocycles. The number of anilines is 1. The van der Waals surface area contributed by atoms with Gasteiger partial charge in [0.2, 0.25) is 0 Å². The molecule has 3 nitrogen and oxygen atoms in total. The van der Waals surface area contributed by atoms with Crippen molar-refractivity contribution in [1.82, 2.24) is 5.32 Å². The van der Waals surface area contributed by atoms with Crippen molar-refractivity contribution >= 4 is 23.0 Å². The highest BCUT2D eigenvalue weighted by molar-refractivity contribution is 7.80. The maximum absolute atomic E-state index is 5.25. The van der Waals surface area contributed by atoms with Crippen LogP contribution in [0, 0.1) is 6.92 Å². The minimum Gasteiger partial charge on any atom is -0.469 e. The molecule has 0 spiro atoms. The maximum atomic E-state index is 5.25. The first-order valence-corrected chi connectivity index (χ1v) is 6.29. The fraction of sp³-hybridized carbons (Fsp3) is 0.214. The van der Waals surface area contributed by atoms with Crippen LogP contribution >= 0.6 is 12.2 Å². The molecule has 2 N–H and O–H groups in total. The molecule has 0 atom stereocenters. The SMILES string of the molecule is Cc1ccccc1NC(=S)NCCc1ccco1. The van der Waals surface area contributed by atoms with E-state index in [0.717, 1.165) is 24.4 Å². The first-order chi connectivity index (χ1) is 8.75. The fourth-order valence-corrected chi connectivity index (χ4v) is 1.85. The standard InChI is InChI=1S/C14H16N2OS/c1-11-5-2-3-7-13(11)16-14(18)15-9-8-12-6-4-10-17-12/h2-7,10H,8-9H2,1H3,(H2,15,16,18). The quantitative estimate of drug-likeness (QED) is 0.828. The summed E-state index contributed by atoms with van der Waals surface area (Å²) in [6.45, 7) is 2.80. The van der Waals surface area contributed by atoms with Gasteiger partial charge in [-0.2, -0.15) is 0 Å². The molecule has 0 aliphatic carbocycles. The van der Waals surface area contributed by atoms with Crippen molar-refractivity contribution in [3.05, 3.63) is 54.0 Å². The van der Waals surface area contributed by atoms with Crippen LogP contribution in [0.15, 0.2) is 47.1 Å². The van der Waals surface area contributed by atoms with Gasteiger partial charge in [-0.3, -0.25) is 0 Å². The first-order valence-electron chi connectivity index (χ1n) is 5.88. The monoisotopic (exact) mass is 260 g/mol. The van der Waals surface area contributed by atoms with Gasteiger partial charge in [0.1, 0.15) is 5.76 Å². The molecular weight excluding hydrogens is 244 g/mol. The Kier molecular flexibility index (Phi) is 4.36. The normalized spacial score (nSPS) is 10.1. The third kappa shape index (κ3) is 3.60. The molecule has 94 valence electrons. The van der Waals surface area contributed by atoms with E-state index in [9.17, 15) is 0 Å². The van der Waals surface area contributed by atoms with Gasteiger partial charge in [-0.05, 0) is 42.9 Å². The van der Waals surface area contributed by atoms with Crippen LogP contribution in [0.1, 0.15) is 11.3 Å². The van der Waals surface area contributed by atoms with Crippen molar-refractivity contribution < 1.29 is 4.42 Å². The molecule has 1 heterocycles. The van der Waals surface area contributed by atoms with E-state index in [1.54, 1.807) is 6.26 Å². The van der Waals surface area contributed by atoms with E-state index in [1.165, 1.54) is 5.56 Å². The van der Waals surface area contributed by atoms with Crippen LogP contribution in [0.5, 0.6) is 0 Å². The van der Waals surface area contributed by atoms with Gasteiger partial charge in [-0.15, -0.1) is 0 Å². The van der Waals surface area contributed by atoms with E-state index in [4.69, 9.17) is 16.6 Å². The Labute approximate surface area is 112 Å². The molecule has 0 saturated heterocycles. The topological polar surface area (TPSA) is 37.2 Å². The lowest BCUT2D eigenvalue weighted by Gasteiger charge is -2.11. The minimum atomic E-state index is 0.635. The van der Waals surface area contributed by atoms with Crippen molar-refractivity contribution in [1.29, 1.82) is 0 Å². The van der Waals surface area contributed by atoms with Gasteiger partial charge in [0.05, 0.1) is 6.26 Å². The van der Waals surface area contributed by atoms with Gasteiger partial charge in [-0.1, -0.05) is 18.2 Å². The molecular formula is C14H16N2OS. The predicted molar refractivity (Wildman–Crippen MR) is 77.8 cm³/mol. The van der Waals surface area contributed by atoms with Crippen molar-refractivity contribution in [2.45, 2.75) is 13.3 Å². The summed E-state index contributed by atoms with van der Waals surface area (Å²) < 4.78 is 5.25. The van der Waals surface area contributed by atoms with Crippen LogP contribution in [-0.2, 0) is 6.42 Å². The highest BCUT2D eigenvalue weighted by Gasteiger charge is 2.00. The summed E-state index contributed by atoms with van der Waals surface area (Å²) in [5, 5.41) is 6.97. The number of para-hydroxylation sites is 1. The zero-order chi connectivity index (χ0) is 12.8. The molecule has 1 aromatic heterocycles. The smallest absolute Gasteiger partial charge is 0.170 e. The van der Waals surface area contributed by atoms with Crippen LogP contribution in [0.2, 0.25) is 0 Å². The van der Waals surface area contributed by atoms with Crippen LogP contribution in [0.4, 0.5) is 5.69 Å². The largest absolute Gasteiger partial charge is 0.469 e. The summed E-state index contributed by atoms with van der Waals surface area (Å²) in [5.74, 6) is 0.959. The lowest BCUT2D eigenvalue weighted by molar-refractivity contribution is 0.507. The Bertz CT molecular complexity index is 508. The number of aryl methyl sites for hydroxylation is 1. The molecule has 0 radical (unpaired) electrons. The molecule has 0 saturated carbocycles. The summed E-state index contributed by atoms with van der Waals surface area (Å²) >= 11 is 5.24. The third-order valence-electron chi connectivity index (χ3n) is 2.63. The average Bonchev–Trinajstić information content (AvgIpc) is 2.85. The molecule has 4 heteroatoms. The van der Waals surface area contributed by atoms with E-state index in [-0.39, 0.29) is 0 Å². The van der Waals surface area contributed by atoms with Gasteiger partial charge >= 0.3 is 0 Å². The highest BCUT2D eigenvalue weighted by atomic mass is 32.1. The minimum absolute atomic E-state index is 0.635. The number of furan rings is 1. The third-order valence-corrected chi connectivity index (χ3v) is 2.88. The molecule has 2 rings (SSSR count). The summed E-state index contributed by atoms with van der Waals surface area (Å²) in [4.78, 5) is 0. The Morgan fingerprint density at radius 1 is 1.22 bits per heavy atom. The van der Waals surface area contributed by atoms with Crippen LogP contribution in [0.3, 0.4) is 0 Å². The van der Waals surface area contributed by atoms with Gasteiger partial charge in [0.15, 0.2) is 5.11 Å². The van der Waals surface area contributed by atoms with Crippen molar-refractivity contribution in [2.24, 2.45) is 0 Å². The van der Waals surface area contributed by atoms with Gasteiger partial charge in [0, 0.05) is 18.7 Å². The second-order valence-electron chi connectivity index (χ2n) is 4.03. The molecule has 0 fully saturated rings. The van der Waals surface area contributed by atoms with Crippen molar-refractivity contribution in [3.63, 3.8) is 0 Å². The molecule has 0 aliphatic rings. The fourth-order valence-electron chi connectivity index (χ4n) is 1.63. The summed E-state index contributed by atoms with van der Waals surface area (Å²) in [5.41, 5.74) is 2.21. The zero-order valence-corrected chi connectivity index (χ0v) is 11.1. The highest BCUT2D eigenvalue weighted by Crippen LogP contribution is 2.12. The average molecular weight is 260 g/mol. The summed E-state index contributed by atoms with van der Waals surface area (Å²) in [6.07, 6.45) is 2.50. The van der Waals surface area contributed by atoms with E-state index in [1.807, 2.05) is 43.3 Å². The Hall–Kier alpha value is -1.81. The molecule has 0 amide bonds. The lowest BCUT2D eigenvalue weighted by atomic mass is 10.2. The van der Waals surface area contributed by atoms with Crippen molar-refractivity contribution in [2.75, 3.05) is 11.9 Å². The van der Waals surface area contributed by atoms with Gasteiger partial charge in [0.25, 0.3) is 0 Å². The molecule has 0 aliphatic heterocycles. The second kappa shape index (κ2) is 6.21. The van der Waals surface area contributed by atoms with Gasteiger partial charge in [-0.25, -0.2) is 0 Å². The van der Waals surface area contributed by atoms with E-state index < -0.39 is 0 Å². The van der Waals surface area contributed by atoms with Gasteiger partial charge < -0.3 is 15.1 Å². The lowest BCUT2D eigenvalue weighted by Crippen LogP contribution is -2.30. The van der Waals surface area contributed by atoms with E-state index >= 15 is 0 Å². The zero-order valence-electron chi connectivity index (χ0n) is 10.3. The van der Waals surface area contributed by atoms with Crippen molar-refractivity contribution in [3.8, 4) is 0 Å². The number of hydrogen-bond donors (Lipinski definition) is 2. The molecule has 0 bridgehead atoms. The Morgan fingerprint density at radius 2 is 2.06 bits per heavy atom. The molecule has 0 unspecified atom stereocenters. The predicted octanol–water partition coefficient (Wildman–Crippen LogP) is 3.12. The van der Waals surface area contributed by atoms with Crippen LogP contribution in [0.25, 0.3) is 0 Å². The Balaban J connectivity index is 1.77. The molecule has 2 aromatic rings. The summed E-state index contributed by atoms with van der Waals surface area (Å²) in [6, 6.07) is 11.9. The van der Waals surface area contributed by atoms with E-state index in [2.05, 4.69) is 10.6 Å². The molecule has 18 heavy (non-hydrogen) atoms. The maximum Gasteiger partial charge on any atom is 0.170 e.